The molecule has 0 bridgehead atoms. The maximum atomic E-state index is 7.38. The van der Waals surface area contributed by atoms with Gasteiger partial charge < -0.3 is 18.5 Å². The van der Waals surface area contributed by atoms with Crippen LogP contribution < -0.4 is 24.9 Å². The van der Waals surface area contributed by atoms with Crippen LogP contribution in [0.1, 0.15) is 26.3 Å². The predicted octanol–water partition coefficient (Wildman–Crippen LogP) is 11.7. The fourth-order valence-electron chi connectivity index (χ4n) is 9.38. The average Bonchev–Trinajstić information content (AvgIpc) is 3.86. The molecule has 12 rings (SSSR count). The van der Waals surface area contributed by atoms with E-state index in [9.17, 15) is 0 Å². The summed E-state index contributed by atoms with van der Waals surface area (Å²) < 4.78 is 20.5. The molecule has 8 heteroatoms. The quantitative estimate of drug-likeness (QED) is 0.0908. The van der Waals surface area contributed by atoms with E-state index < -0.39 is 6.92 Å². The number of aromatic nitrogens is 4. The first-order chi connectivity index (χ1) is 31.9. The number of pyridine rings is 1. The number of hydrogen-bond donors (Lipinski definition) is 0. The van der Waals surface area contributed by atoms with Crippen molar-refractivity contribution in [3.63, 3.8) is 0 Å². The number of rotatable bonds is 7. The molecule has 1 aliphatic heterocycles. The number of nitrogens with zero attached hydrogens (tertiary/aromatic N) is 4. The number of benzene rings is 8. The zero-order valence-corrected chi connectivity index (χ0v) is 38.7. The number of imidazole rings is 1. The molecule has 0 fully saturated rings. The molecule has 320 valence electrons. The zero-order chi connectivity index (χ0) is 43.6. The van der Waals surface area contributed by atoms with Crippen molar-refractivity contribution in [2.45, 2.75) is 26.2 Å². The fourth-order valence-corrected chi connectivity index (χ4v) is 9.38. The molecule has 66 heavy (non-hydrogen) atoms. The predicted molar refractivity (Wildman–Crippen MR) is 262 cm³/mol. The number of para-hydroxylation sites is 3. The summed E-state index contributed by atoms with van der Waals surface area (Å²) in [5, 5.41) is 2.19. The molecule has 4 heterocycles. The molecule has 0 N–H and O–H groups in total. The van der Waals surface area contributed by atoms with Gasteiger partial charge in [-0.1, -0.05) is 160 Å². The van der Waals surface area contributed by atoms with E-state index in [1.807, 2.05) is 30.5 Å². The summed E-state index contributed by atoms with van der Waals surface area (Å²) in [4.78, 5) is 4.87. The molecule has 6 nitrogen and oxygen atoms in total. The van der Waals surface area contributed by atoms with Gasteiger partial charge in [-0.15, -0.1) is 35.7 Å². The van der Waals surface area contributed by atoms with Crippen LogP contribution in [0, 0.1) is 18.5 Å². The van der Waals surface area contributed by atoms with Gasteiger partial charge in [-0.05, 0) is 91.3 Å². The first-order valence-corrected chi connectivity index (χ1v) is 22.0. The second-order valence-corrected chi connectivity index (χ2v) is 17.5. The minimum Gasteiger partial charge on any atom is -0.617 e. The Hall–Kier alpha value is -7.47. The summed E-state index contributed by atoms with van der Waals surface area (Å²) in [6.07, 6.45) is 5.62. The normalized spacial score (nSPS) is 12.1. The minimum atomic E-state index is -0.513. The Bertz CT molecular complexity index is 3540. The summed E-state index contributed by atoms with van der Waals surface area (Å²) in [6, 6.07) is 72.5. The van der Waals surface area contributed by atoms with Crippen molar-refractivity contribution in [1.82, 2.24) is 14.1 Å². The summed E-state index contributed by atoms with van der Waals surface area (Å²) in [6.45, 7) is 6.15. The van der Waals surface area contributed by atoms with Crippen LogP contribution in [0.15, 0.2) is 194 Å². The van der Waals surface area contributed by atoms with Crippen molar-refractivity contribution in [2.24, 2.45) is 0 Å². The van der Waals surface area contributed by atoms with Gasteiger partial charge in [0.1, 0.15) is 5.82 Å². The third kappa shape index (κ3) is 7.03. The third-order valence-electron chi connectivity index (χ3n) is 12.5. The zero-order valence-electron chi connectivity index (χ0n) is 36.5. The van der Waals surface area contributed by atoms with Gasteiger partial charge in [-0.25, -0.2) is 4.98 Å². The summed E-state index contributed by atoms with van der Waals surface area (Å²) >= 11 is 0. The van der Waals surface area contributed by atoms with E-state index >= 15 is 0 Å². The number of ether oxygens (including phenoxy) is 1. The van der Waals surface area contributed by atoms with Crippen molar-refractivity contribution in [3.05, 3.63) is 218 Å². The first kappa shape index (κ1) is 41.3. The summed E-state index contributed by atoms with van der Waals surface area (Å²) in [5.74, 6) is 2.56. The van der Waals surface area contributed by atoms with E-state index in [0.29, 0.717) is 22.9 Å². The van der Waals surface area contributed by atoms with E-state index in [1.165, 1.54) is 5.56 Å². The first-order valence-electron chi connectivity index (χ1n) is 22.0. The second-order valence-electron chi connectivity index (χ2n) is 17.5. The smallest absolute Gasteiger partial charge is 0.410 e. The number of hydrogen-bond acceptors (Lipinski definition) is 3. The van der Waals surface area contributed by atoms with Crippen molar-refractivity contribution in [1.29, 1.82) is 0 Å². The molecule has 0 spiro atoms. The van der Waals surface area contributed by atoms with Gasteiger partial charge in [0.2, 0.25) is 0 Å². The van der Waals surface area contributed by atoms with Crippen molar-refractivity contribution < 1.29 is 35.0 Å². The summed E-state index contributed by atoms with van der Waals surface area (Å²) in [7, 11) is 0. The van der Waals surface area contributed by atoms with E-state index in [4.69, 9.17) is 14.4 Å². The van der Waals surface area contributed by atoms with Crippen LogP contribution in [-0.4, -0.2) is 21.0 Å². The Kier molecular flexibility index (Phi) is 10.3. The Morgan fingerprint density at radius 3 is 2.02 bits per heavy atom. The van der Waals surface area contributed by atoms with E-state index in [-0.39, 0.29) is 26.5 Å². The molecule has 0 amide bonds. The molecule has 0 saturated carbocycles. The maximum Gasteiger partial charge on any atom is 0.410 e. The van der Waals surface area contributed by atoms with Gasteiger partial charge in [-0.2, -0.15) is 6.07 Å². The van der Waals surface area contributed by atoms with Crippen LogP contribution in [0.25, 0.3) is 72.3 Å². The van der Waals surface area contributed by atoms with Crippen LogP contribution >= 0.6 is 0 Å². The van der Waals surface area contributed by atoms with E-state index in [0.717, 1.165) is 77.5 Å². The Morgan fingerprint density at radius 2 is 1.29 bits per heavy atom. The molecular weight excluding hydrogens is 991 g/mol. The average molecular weight is 1030 g/mol. The van der Waals surface area contributed by atoms with E-state index in [2.05, 4.69) is 217 Å². The molecule has 3 aromatic heterocycles. The van der Waals surface area contributed by atoms with Gasteiger partial charge in [0.25, 0.3) is 6.33 Å². The molecule has 0 saturated heterocycles. The minimum absolute atomic E-state index is 0. The van der Waals surface area contributed by atoms with Gasteiger partial charge in [-0.3, -0.25) is 4.57 Å². The standard InChI is InChI=1S/C58H41BN4O2.Pt/c1-58(2,3)41-33-34-60-55(35-41)63-50-27-14-13-23-47(50)48-31-29-43(36-52(48)63)64-44-30-32-54-53(37-44)62-38-61(42-21-11-6-12-22-42)51-28-16-26-49(57(51)62)59(65-54)56-45(39-17-7-4-8-18-39)24-15-25-46(56)40-19-9-5-10-20-40;/h4-35H,1-3H3;/q-2;. The summed E-state index contributed by atoms with van der Waals surface area (Å²) in [5.41, 5.74) is 13.3. The monoisotopic (exact) mass is 1030 g/mol. The third-order valence-corrected chi connectivity index (χ3v) is 12.5. The van der Waals surface area contributed by atoms with Gasteiger partial charge >= 0.3 is 6.92 Å². The van der Waals surface area contributed by atoms with Gasteiger partial charge in [0.05, 0.1) is 16.7 Å². The molecule has 0 unspecified atom stereocenters. The largest absolute Gasteiger partial charge is 0.617 e. The molecule has 11 aromatic rings. The van der Waals surface area contributed by atoms with Gasteiger partial charge in [0, 0.05) is 44.3 Å². The molecule has 0 atom stereocenters. The van der Waals surface area contributed by atoms with E-state index in [1.54, 1.807) is 0 Å². The van der Waals surface area contributed by atoms with Gasteiger partial charge in [0.15, 0.2) is 0 Å². The molecular formula is C58H41BN4O2Pt-2. The topological polar surface area (TPSA) is 45.1 Å². The fraction of sp³-hybridized carbons (Fsp3) is 0.0690. The molecule has 1 aliphatic rings. The number of fused-ring (bicyclic) bond motifs is 5. The second kappa shape index (κ2) is 16.5. The molecule has 8 aromatic carbocycles. The van der Waals surface area contributed by atoms with Crippen LogP contribution in [0.3, 0.4) is 0 Å². The van der Waals surface area contributed by atoms with Crippen molar-refractivity contribution in [3.8, 4) is 56.7 Å². The van der Waals surface area contributed by atoms with Crippen LogP contribution in [-0.2, 0) is 26.5 Å². The molecule has 0 aliphatic carbocycles. The van der Waals surface area contributed by atoms with Crippen LogP contribution in [0.5, 0.6) is 17.2 Å². The van der Waals surface area contributed by atoms with Crippen molar-refractivity contribution in [2.75, 3.05) is 0 Å². The van der Waals surface area contributed by atoms with Crippen LogP contribution in [0.4, 0.5) is 0 Å². The molecule has 0 radical (unpaired) electrons. The Labute approximate surface area is 398 Å². The Morgan fingerprint density at radius 1 is 0.636 bits per heavy atom. The SMILES string of the molecule is CC(C)(C)c1ccnc(-n2c3[c-]c(Oc4[c-]c5c(cc4)OB(c4c(-c6ccccc6)cccc4-c4ccccc4)c4cccc6c4n-5[c-][n+]6-c4ccccc4)ccc3c3ccccc32)c1.[Pt]. The maximum absolute atomic E-state index is 7.38. The van der Waals surface area contributed by atoms with Crippen LogP contribution in [0.2, 0.25) is 0 Å². The van der Waals surface area contributed by atoms with Crippen molar-refractivity contribution >= 4 is 50.7 Å². The Balaban J connectivity index is 0.00000481.